The highest BCUT2D eigenvalue weighted by molar-refractivity contribution is 5.58. The first-order chi connectivity index (χ1) is 15.0. The van der Waals surface area contributed by atoms with Crippen LogP contribution in [0.25, 0.3) is 5.65 Å². The van der Waals surface area contributed by atoms with Crippen molar-refractivity contribution in [2.24, 2.45) is 5.73 Å². The molecule has 0 bridgehead atoms. The maximum atomic E-state index is 6.07. The number of nitrogens with two attached hydrogens (primary N) is 1. The molecule has 0 saturated carbocycles. The van der Waals surface area contributed by atoms with Crippen molar-refractivity contribution >= 4 is 5.65 Å². The number of rotatable bonds is 6. The zero-order valence-corrected chi connectivity index (χ0v) is 18.3. The Morgan fingerprint density at radius 3 is 2.61 bits per heavy atom. The minimum atomic E-state index is -0.218. The molecule has 1 aromatic carbocycles. The number of hydrogen-bond donors (Lipinski definition) is 2. The second-order valence-corrected chi connectivity index (χ2v) is 8.96. The first kappa shape index (κ1) is 19.9. The molecule has 0 amide bonds. The van der Waals surface area contributed by atoms with Crippen LogP contribution in [0.2, 0.25) is 0 Å². The van der Waals surface area contributed by atoms with Crippen LogP contribution in [0.5, 0.6) is 0 Å². The first-order valence-corrected chi connectivity index (χ1v) is 10.9. The molecule has 1 saturated heterocycles. The Balaban J connectivity index is 1.52. The number of nitrogens with zero attached hydrogens (tertiary/aromatic N) is 5. The number of aromatic nitrogens is 5. The lowest BCUT2D eigenvalue weighted by molar-refractivity contribution is 0.114. The van der Waals surface area contributed by atoms with E-state index in [9.17, 15) is 0 Å². The van der Waals surface area contributed by atoms with Gasteiger partial charge in [-0.3, -0.25) is 10.00 Å². The minimum Gasteiger partial charge on any atom is -0.325 e. The van der Waals surface area contributed by atoms with Crippen molar-refractivity contribution < 1.29 is 0 Å². The summed E-state index contributed by atoms with van der Waals surface area (Å²) in [7, 11) is 0. The number of fused-ring (bicyclic) bond motifs is 1. The van der Waals surface area contributed by atoms with E-state index in [1.54, 1.807) is 0 Å². The minimum absolute atomic E-state index is 0.167. The van der Waals surface area contributed by atoms with E-state index in [4.69, 9.17) is 10.8 Å². The van der Waals surface area contributed by atoms with Crippen LogP contribution in [0.4, 0.5) is 0 Å². The molecule has 160 valence electrons. The summed E-state index contributed by atoms with van der Waals surface area (Å²) in [6.07, 6.45) is 8.57. The molecule has 0 spiro atoms. The predicted molar refractivity (Wildman–Crippen MR) is 121 cm³/mol. The quantitative estimate of drug-likeness (QED) is 0.505. The molecule has 5 rings (SSSR count). The van der Waals surface area contributed by atoms with Crippen molar-refractivity contribution in [3.8, 4) is 0 Å². The van der Waals surface area contributed by atoms with Crippen LogP contribution in [0.15, 0.2) is 55.1 Å². The van der Waals surface area contributed by atoms with Gasteiger partial charge < -0.3 is 5.73 Å². The number of hydrogen-bond acceptors (Lipinski definition) is 5. The molecule has 7 heteroatoms. The monoisotopic (exact) mass is 415 g/mol. The fraction of sp³-hybridized carbons (Fsp3) is 0.375. The Labute approximate surface area is 182 Å². The van der Waals surface area contributed by atoms with Crippen LogP contribution in [0.3, 0.4) is 0 Å². The van der Waals surface area contributed by atoms with Crippen molar-refractivity contribution in [1.29, 1.82) is 0 Å². The topological polar surface area (TPSA) is 88.1 Å². The van der Waals surface area contributed by atoms with Crippen molar-refractivity contribution in [2.45, 2.75) is 44.7 Å². The van der Waals surface area contributed by atoms with E-state index < -0.39 is 0 Å². The summed E-state index contributed by atoms with van der Waals surface area (Å²) >= 11 is 0. The molecule has 1 atom stereocenters. The first-order valence-electron chi connectivity index (χ1n) is 10.9. The van der Waals surface area contributed by atoms with Crippen LogP contribution >= 0.6 is 0 Å². The summed E-state index contributed by atoms with van der Waals surface area (Å²) in [5.74, 6) is 0. The van der Waals surface area contributed by atoms with E-state index in [2.05, 4.69) is 65.1 Å². The Kier molecular flexibility index (Phi) is 4.87. The standard InChI is InChI=1S/C24H29N7/c1-4-20-21(23-26-10-5-11-31(23)29-20)24(2,3)18-8-6-16(7-9-18)22(17-12-27-28-13-17)30-14-19(25)15-30/h5-13,19,22H,4,14-15,25H2,1-3H3,(H,27,28). The molecular weight excluding hydrogens is 386 g/mol. The highest BCUT2D eigenvalue weighted by atomic mass is 15.3. The molecule has 1 unspecified atom stereocenters. The van der Waals surface area contributed by atoms with Crippen LogP contribution < -0.4 is 5.73 Å². The van der Waals surface area contributed by atoms with E-state index in [1.807, 2.05) is 35.4 Å². The largest absolute Gasteiger partial charge is 0.325 e. The van der Waals surface area contributed by atoms with Crippen LogP contribution in [-0.4, -0.2) is 48.8 Å². The number of likely N-dealkylation sites (tertiary alicyclic amines) is 1. The summed E-state index contributed by atoms with van der Waals surface area (Å²) < 4.78 is 1.90. The van der Waals surface area contributed by atoms with Crippen molar-refractivity contribution in [3.63, 3.8) is 0 Å². The third-order valence-corrected chi connectivity index (χ3v) is 6.51. The zero-order chi connectivity index (χ0) is 21.6. The van der Waals surface area contributed by atoms with Gasteiger partial charge in [0.2, 0.25) is 0 Å². The lowest BCUT2D eigenvalue weighted by atomic mass is 9.77. The van der Waals surface area contributed by atoms with Crippen molar-refractivity contribution in [1.82, 2.24) is 29.7 Å². The fourth-order valence-corrected chi connectivity index (χ4v) is 4.83. The maximum absolute atomic E-state index is 6.07. The second kappa shape index (κ2) is 7.59. The summed E-state index contributed by atoms with van der Waals surface area (Å²) in [5, 5.41) is 11.9. The molecule has 1 aliphatic heterocycles. The number of aromatic amines is 1. The van der Waals surface area contributed by atoms with Gasteiger partial charge in [0.05, 0.1) is 17.9 Å². The maximum Gasteiger partial charge on any atom is 0.159 e. The van der Waals surface area contributed by atoms with Gasteiger partial charge >= 0.3 is 0 Å². The molecule has 0 radical (unpaired) electrons. The molecule has 7 nitrogen and oxygen atoms in total. The van der Waals surface area contributed by atoms with Gasteiger partial charge in [-0.1, -0.05) is 45.0 Å². The third kappa shape index (κ3) is 3.34. The zero-order valence-electron chi connectivity index (χ0n) is 18.3. The summed E-state index contributed by atoms with van der Waals surface area (Å²) in [5.41, 5.74) is 12.7. The second-order valence-electron chi connectivity index (χ2n) is 8.96. The van der Waals surface area contributed by atoms with Gasteiger partial charge in [0.15, 0.2) is 5.65 Å². The third-order valence-electron chi connectivity index (χ3n) is 6.51. The highest BCUT2D eigenvalue weighted by Gasteiger charge is 2.34. The average Bonchev–Trinajstić information content (AvgIpc) is 3.41. The molecule has 0 aliphatic carbocycles. The van der Waals surface area contributed by atoms with E-state index in [1.165, 1.54) is 22.3 Å². The Morgan fingerprint density at radius 2 is 1.97 bits per heavy atom. The lowest BCUT2D eigenvalue weighted by Gasteiger charge is -2.42. The van der Waals surface area contributed by atoms with Gasteiger partial charge in [0.1, 0.15) is 0 Å². The van der Waals surface area contributed by atoms with Crippen LogP contribution in [-0.2, 0) is 11.8 Å². The van der Waals surface area contributed by atoms with Gasteiger partial charge in [0, 0.05) is 54.3 Å². The fourth-order valence-electron chi connectivity index (χ4n) is 4.83. The number of benzene rings is 1. The summed E-state index contributed by atoms with van der Waals surface area (Å²) in [6, 6.07) is 11.3. The molecule has 3 aromatic heterocycles. The Morgan fingerprint density at radius 1 is 1.19 bits per heavy atom. The smallest absolute Gasteiger partial charge is 0.159 e. The lowest BCUT2D eigenvalue weighted by Crippen LogP contribution is -2.56. The number of nitrogens with one attached hydrogen (secondary N) is 1. The average molecular weight is 416 g/mol. The summed E-state index contributed by atoms with van der Waals surface area (Å²) in [6.45, 7) is 8.47. The van der Waals surface area contributed by atoms with E-state index in [0.29, 0.717) is 0 Å². The van der Waals surface area contributed by atoms with Gasteiger partial charge in [-0.2, -0.15) is 10.2 Å². The Hall–Kier alpha value is -3.03. The summed E-state index contributed by atoms with van der Waals surface area (Å²) in [4.78, 5) is 7.04. The molecule has 1 aliphatic rings. The molecule has 4 aromatic rings. The van der Waals surface area contributed by atoms with Crippen molar-refractivity contribution in [2.75, 3.05) is 13.1 Å². The van der Waals surface area contributed by atoms with Gasteiger partial charge in [-0.25, -0.2) is 9.50 Å². The van der Waals surface area contributed by atoms with Crippen LogP contribution in [0, 0.1) is 0 Å². The normalized spacial score (nSPS) is 16.5. The van der Waals surface area contributed by atoms with Crippen molar-refractivity contribution in [3.05, 3.63) is 83.1 Å². The van der Waals surface area contributed by atoms with Gasteiger partial charge in [-0.05, 0) is 23.6 Å². The molecule has 4 heterocycles. The highest BCUT2D eigenvalue weighted by Crippen LogP contribution is 2.38. The van der Waals surface area contributed by atoms with Gasteiger partial charge in [-0.15, -0.1) is 0 Å². The van der Waals surface area contributed by atoms with E-state index in [0.717, 1.165) is 30.9 Å². The van der Waals surface area contributed by atoms with E-state index in [-0.39, 0.29) is 17.5 Å². The Bertz CT molecular complexity index is 1170. The SMILES string of the molecule is CCc1nn2cccnc2c1C(C)(C)c1ccc(C(c2cn[nH]c2)N2CC(N)C2)cc1. The van der Waals surface area contributed by atoms with Crippen LogP contribution in [0.1, 0.15) is 54.8 Å². The number of aryl methyl sites for hydroxylation is 1. The molecule has 3 N–H and O–H groups in total. The molecule has 31 heavy (non-hydrogen) atoms. The predicted octanol–water partition coefficient (Wildman–Crippen LogP) is 3.07. The van der Waals surface area contributed by atoms with E-state index >= 15 is 0 Å². The molecular formula is C24H29N7. The number of H-pyrrole nitrogens is 1. The van der Waals surface area contributed by atoms with Gasteiger partial charge in [0.25, 0.3) is 0 Å². The molecule has 1 fully saturated rings.